The number of primary amides is 1. The van der Waals surface area contributed by atoms with Crippen LogP contribution in [0.5, 0.6) is 0 Å². The Bertz CT molecular complexity index is 532. The normalized spacial score (nSPS) is 12.8. The Morgan fingerprint density at radius 1 is 1.56 bits per heavy atom. The first-order chi connectivity index (χ1) is 7.58. The van der Waals surface area contributed by atoms with Gasteiger partial charge >= 0.3 is 0 Å². The summed E-state index contributed by atoms with van der Waals surface area (Å²) >= 11 is 0. The van der Waals surface area contributed by atoms with Crippen molar-refractivity contribution >= 4 is 22.6 Å². The third-order valence-corrected chi connectivity index (χ3v) is 2.57. The molecule has 1 aromatic heterocycles. The smallest absolute Gasteiger partial charge is 0.219 e. The number of aromatic nitrogens is 2. The minimum absolute atomic E-state index is 0.00567. The number of carbonyl (C=O) groups is 1. The van der Waals surface area contributed by atoms with E-state index in [2.05, 4.69) is 4.98 Å². The lowest BCUT2D eigenvalue weighted by molar-refractivity contribution is -0.118. The minimum Gasteiger partial charge on any atom is -0.399 e. The molecular formula is C11H14N4O. The van der Waals surface area contributed by atoms with Crippen LogP contribution in [0.4, 0.5) is 5.69 Å². The molecule has 2 rings (SSSR count). The Morgan fingerprint density at radius 2 is 2.31 bits per heavy atom. The van der Waals surface area contributed by atoms with Gasteiger partial charge in [-0.1, -0.05) is 0 Å². The molecule has 0 saturated carbocycles. The second kappa shape index (κ2) is 3.84. The number of anilines is 1. The van der Waals surface area contributed by atoms with E-state index in [1.165, 1.54) is 0 Å². The zero-order valence-electron chi connectivity index (χ0n) is 9.05. The second-order valence-electron chi connectivity index (χ2n) is 3.92. The zero-order valence-corrected chi connectivity index (χ0v) is 9.05. The van der Waals surface area contributed by atoms with E-state index in [4.69, 9.17) is 11.5 Å². The number of carbonyl (C=O) groups excluding carboxylic acids is 1. The molecule has 1 atom stereocenters. The molecule has 0 aliphatic heterocycles. The zero-order chi connectivity index (χ0) is 11.7. The minimum atomic E-state index is -0.315. The molecule has 0 radical (unpaired) electrons. The molecule has 1 amide bonds. The summed E-state index contributed by atoms with van der Waals surface area (Å²) in [5.74, 6) is -0.315. The van der Waals surface area contributed by atoms with E-state index in [9.17, 15) is 4.79 Å². The van der Waals surface area contributed by atoms with Gasteiger partial charge in [0.25, 0.3) is 0 Å². The molecule has 0 spiro atoms. The van der Waals surface area contributed by atoms with Crippen molar-refractivity contribution in [1.29, 1.82) is 0 Å². The van der Waals surface area contributed by atoms with Crippen molar-refractivity contribution in [2.45, 2.75) is 19.4 Å². The fourth-order valence-corrected chi connectivity index (χ4v) is 1.79. The van der Waals surface area contributed by atoms with Gasteiger partial charge in [0.15, 0.2) is 0 Å². The van der Waals surface area contributed by atoms with Gasteiger partial charge in [-0.3, -0.25) is 4.79 Å². The summed E-state index contributed by atoms with van der Waals surface area (Å²) in [7, 11) is 0. The molecule has 84 valence electrons. The van der Waals surface area contributed by atoms with Crippen LogP contribution < -0.4 is 11.5 Å². The van der Waals surface area contributed by atoms with Crippen molar-refractivity contribution in [3.63, 3.8) is 0 Å². The first-order valence-corrected chi connectivity index (χ1v) is 5.08. The van der Waals surface area contributed by atoms with Crippen LogP contribution >= 0.6 is 0 Å². The summed E-state index contributed by atoms with van der Waals surface area (Å²) in [4.78, 5) is 15.1. The van der Waals surface area contributed by atoms with Crippen LogP contribution in [0.25, 0.3) is 11.0 Å². The second-order valence-corrected chi connectivity index (χ2v) is 3.92. The fraction of sp³-hybridized carbons (Fsp3) is 0.273. The van der Waals surface area contributed by atoms with Gasteiger partial charge in [-0.05, 0) is 25.1 Å². The summed E-state index contributed by atoms with van der Waals surface area (Å²) in [6, 6.07) is 5.53. The highest BCUT2D eigenvalue weighted by atomic mass is 16.1. The van der Waals surface area contributed by atoms with Crippen molar-refractivity contribution in [3.05, 3.63) is 24.5 Å². The Balaban J connectivity index is 2.41. The van der Waals surface area contributed by atoms with Gasteiger partial charge in [-0.15, -0.1) is 0 Å². The maximum Gasteiger partial charge on any atom is 0.219 e. The number of nitrogens with zero attached hydrogens (tertiary/aromatic N) is 2. The van der Waals surface area contributed by atoms with Crippen molar-refractivity contribution in [1.82, 2.24) is 9.55 Å². The van der Waals surface area contributed by atoms with Crippen LogP contribution in [0.1, 0.15) is 19.4 Å². The summed E-state index contributed by atoms with van der Waals surface area (Å²) in [6.45, 7) is 1.93. The summed E-state index contributed by atoms with van der Waals surface area (Å²) in [5, 5.41) is 0. The maximum atomic E-state index is 10.9. The third-order valence-electron chi connectivity index (χ3n) is 2.57. The first kappa shape index (κ1) is 10.5. The molecular weight excluding hydrogens is 204 g/mol. The molecule has 1 heterocycles. The highest BCUT2D eigenvalue weighted by Gasteiger charge is 2.11. The van der Waals surface area contributed by atoms with Gasteiger partial charge in [-0.2, -0.15) is 0 Å². The lowest BCUT2D eigenvalue weighted by atomic mass is 10.2. The fourth-order valence-electron chi connectivity index (χ4n) is 1.79. The molecule has 0 aliphatic rings. The predicted molar refractivity (Wildman–Crippen MR) is 62.7 cm³/mol. The molecule has 0 bridgehead atoms. The molecule has 1 aromatic carbocycles. The number of hydrogen-bond acceptors (Lipinski definition) is 3. The molecule has 0 saturated heterocycles. The number of rotatable bonds is 3. The van der Waals surface area contributed by atoms with Gasteiger partial charge in [0.05, 0.1) is 17.4 Å². The molecule has 2 aromatic rings. The van der Waals surface area contributed by atoms with Crippen LogP contribution in [0, 0.1) is 0 Å². The lowest BCUT2D eigenvalue weighted by Gasteiger charge is -2.12. The van der Waals surface area contributed by atoms with E-state index in [0.717, 1.165) is 11.0 Å². The van der Waals surface area contributed by atoms with Gasteiger partial charge in [0.2, 0.25) is 5.91 Å². The van der Waals surface area contributed by atoms with Gasteiger partial charge < -0.3 is 16.0 Å². The van der Waals surface area contributed by atoms with Gasteiger partial charge in [0.1, 0.15) is 0 Å². The van der Waals surface area contributed by atoms with Crippen LogP contribution in [-0.2, 0) is 4.79 Å². The summed E-state index contributed by atoms with van der Waals surface area (Å²) < 4.78 is 1.93. The van der Waals surface area contributed by atoms with E-state index >= 15 is 0 Å². The lowest BCUT2D eigenvalue weighted by Crippen LogP contribution is -2.16. The number of nitrogens with two attached hydrogens (primary N) is 2. The maximum absolute atomic E-state index is 10.9. The average molecular weight is 218 g/mol. The molecule has 16 heavy (non-hydrogen) atoms. The topological polar surface area (TPSA) is 86.9 Å². The highest BCUT2D eigenvalue weighted by Crippen LogP contribution is 2.21. The number of benzene rings is 1. The van der Waals surface area contributed by atoms with Crippen molar-refractivity contribution in [2.75, 3.05) is 5.73 Å². The molecule has 5 heteroatoms. The largest absolute Gasteiger partial charge is 0.399 e. The predicted octanol–water partition coefficient (Wildman–Crippen LogP) is 1.05. The molecule has 0 aliphatic carbocycles. The van der Waals surface area contributed by atoms with Crippen molar-refractivity contribution in [3.8, 4) is 0 Å². The number of nitrogen functional groups attached to an aromatic ring is 1. The average Bonchev–Trinajstić information content (AvgIpc) is 2.59. The number of fused-ring (bicyclic) bond motifs is 1. The molecule has 0 fully saturated rings. The Labute approximate surface area is 93.1 Å². The SMILES string of the molecule is CC(CC(N)=O)n1cnc2cc(N)ccc21. The number of hydrogen-bond donors (Lipinski definition) is 2. The van der Waals surface area contributed by atoms with Crippen LogP contribution in [0.2, 0.25) is 0 Å². The number of imidazole rings is 1. The number of amides is 1. The summed E-state index contributed by atoms with van der Waals surface area (Å²) in [6.07, 6.45) is 2.01. The van der Waals surface area contributed by atoms with Gasteiger partial charge in [0, 0.05) is 18.2 Å². The highest BCUT2D eigenvalue weighted by molar-refractivity contribution is 5.79. The van der Waals surface area contributed by atoms with Gasteiger partial charge in [-0.25, -0.2) is 4.98 Å². The molecule has 1 unspecified atom stereocenters. The summed E-state index contributed by atoms with van der Waals surface area (Å²) in [5.41, 5.74) is 13.3. The van der Waals surface area contributed by atoms with E-state index in [1.807, 2.05) is 29.7 Å². The van der Waals surface area contributed by atoms with Crippen LogP contribution in [0.15, 0.2) is 24.5 Å². The van der Waals surface area contributed by atoms with Crippen LogP contribution in [0.3, 0.4) is 0 Å². The quantitative estimate of drug-likeness (QED) is 0.755. The van der Waals surface area contributed by atoms with Crippen molar-refractivity contribution in [2.24, 2.45) is 5.73 Å². The Kier molecular flexibility index (Phi) is 2.52. The standard InChI is InChI=1S/C11H14N4O/c1-7(4-11(13)16)15-6-14-9-5-8(12)2-3-10(9)15/h2-3,5-7H,4,12H2,1H3,(H2,13,16). The van der Waals surface area contributed by atoms with E-state index < -0.39 is 0 Å². The first-order valence-electron chi connectivity index (χ1n) is 5.08. The van der Waals surface area contributed by atoms with E-state index in [-0.39, 0.29) is 11.9 Å². The Hall–Kier alpha value is -2.04. The molecule has 4 N–H and O–H groups in total. The Morgan fingerprint density at radius 3 is 3.00 bits per heavy atom. The van der Waals surface area contributed by atoms with E-state index in [0.29, 0.717) is 12.1 Å². The monoisotopic (exact) mass is 218 g/mol. The van der Waals surface area contributed by atoms with Crippen LogP contribution in [-0.4, -0.2) is 15.5 Å². The molecule has 5 nitrogen and oxygen atoms in total. The van der Waals surface area contributed by atoms with E-state index in [1.54, 1.807) is 6.33 Å². The van der Waals surface area contributed by atoms with Crippen molar-refractivity contribution < 1.29 is 4.79 Å². The third kappa shape index (κ3) is 1.84.